The zero-order valence-electron chi connectivity index (χ0n) is 13.5. The topological polar surface area (TPSA) is 64.6 Å². The maximum absolute atomic E-state index is 11.6. The molecule has 1 fully saturated rings. The molecule has 1 amide bonds. The van der Waals surface area contributed by atoms with Crippen LogP contribution in [0.25, 0.3) is 0 Å². The number of ether oxygens (including phenoxy) is 2. The summed E-state index contributed by atoms with van der Waals surface area (Å²) in [5.41, 5.74) is 0. The molecule has 5 nitrogen and oxygen atoms in total. The molecule has 1 aliphatic carbocycles. The maximum Gasteiger partial charge on any atom is 0.306 e. The summed E-state index contributed by atoms with van der Waals surface area (Å²) in [7, 11) is 0. The smallest absolute Gasteiger partial charge is 0.306 e. The molecular formula is C18H25NO4. The molecule has 0 spiro atoms. The number of amides is 1. The second kappa shape index (κ2) is 9.87. The van der Waals surface area contributed by atoms with Crippen molar-refractivity contribution >= 4 is 11.9 Å². The van der Waals surface area contributed by atoms with Gasteiger partial charge in [-0.05, 0) is 24.5 Å². The van der Waals surface area contributed by atoms with Crippen LogP contribution in [0.15, 0.2) is 30.3 Å². The lowest BCUT2D eigenvalue weighted by molar-refractivity contribution is -0.148. The molecule has 0 saturated heterocycles. The number of hydrogen-bond acceptors (Lipinski definition) is 4. The first-order chi connectivity index (χ1) is 11.2. The Labute approximate surface area is 137 Å². The van der Waals surface area contributed by atoms with Gasteiger partial charge in [0.2, 0.25) is 0 Å². The fraction of sp³-hybridized carbons (Fsp3) is 0.556. The summed E-state index contributed by atoms with van der Waals surface area (Å²) in [6, 6.07) is 9.40. The Hall–Kier alpha value is -2.04. The van der Waals surface area contributed by atoms with Crippen LogP contribution in [0.3, 0.4) is 0 Å². The van der Waals surface area contributed by atoms with Crippen molar-refractivity contribution in [1.29, 1.82) is 0 Å². The highest BCUT2D eigenvalue weighted by Gasteiger charge is 2.17. The summed E-state index contributed by atoms with van der Waals surface area (Å²) < 4.78 is 10.4. The van der Waals surface area contributed by atoms with Gasteiger partial charge in [-0.25, -0.2) is 0 Å². The van der Waals surface area contributed by atoms with E-state index >= 15 is 0 Å². The second-order valence-electron chi connectivity index (χ2n) is 5.86. The molecule has 0 bridgehead atoms. The van der Waals surface area contributed by atoms with Gasteiger partial charge in [-0.15, -0.1) is 0 Å². The third-order valence-electron chi connectivity index (χ3n) is 4.03. The summed E-state index contributed by atoms with van der Waals surface area (Å²) >= 11 is 0. The molecule has 1 aromatic rings. The number of carbonyl (C=O) groups excluding carboxylic acids is 2. The van der Waals surface area contributed by atoms with Crippen LogP contribution < -0.4 is 10.1 Å². The fourth-order valence-corrected chi connectivity index (χ4v) is 2.77. The Kier molecular flexibility index (Phi) is 7.43. The zero-order valence-corrected chi connectivity index (χ0v) is 13.5. The predicted molar refractivity (Wildman–Crippen MR) is 87.1 cm³/mol. The maximum atomic E-state index is 11.6. The van der Waals surface area contributed by atoms with Gasteiger partial charge in [-0.2, -0.15) is 0 Å². The van der Waals surface area contributed by atoms with Gasteiger partial charge in [0.15, 0.2) is 6.61 Å². The Morgan fingerprint density at radius 1 is 1.13 bits per heavy atom. The van der Waals surface area contributed by atoms with E-state index in [0.717, 1.165) is 12.2 Å². The van der Waals surface area contributed by atoms with Crippen LogP contribution in [0, 0.1) is 5.92 Å². The van der Waals surface area contributed by atoms with Gasteiger partial charge in [-0.1, -0.05) is 43.9 Å². The molecule has 1 saturated carbocycles. The highest BCUT2D eigenvalue weighted by atomic mass is 16.5. The SMILES string of the molecule is O=C(COC(=O)CCC1CCCC1)NCCOc1ccccc1. The van der Waals surface area contributed by atoms with E-state index in [1.165, 1.54) is 25.7 Å². The molecule has 1 N–H and O–H groups in total. The molecule has 1 aliphatic rings. The summed E-state index contributed by atoms with van der Waals surface area (Å²) in [5, 5.41) is 2.66. The van der Waals surface area contributed by atoms with Crippen molar-refractivity contribution in [2.24, 2.45) is 5.92 Å². The van der Waals surface area contributed by atoms with Crippen LogP contribution in [-0.4, -0.2) is 31.6 Å². The van der Waals surface area contributed by atoms with Crippen molar-refractivity contribution < 1.29 is 19.1 Å². The standard InChI is InChI=1S/C18H25NO4/c20-17(19-12-13-22-16-8-2-1-3-9-16)14-23-18(21)11-10-15-6-4-5-7-15/h1-3,8-9,15H,4-7,10-14H2,(H,19,20). The first-order valence-electron chi connectivity index (χ1n) is 8.34. The van der Waals surface area contributed by atoms with Crippen molar-refractivity contribution in [2.45, 2.75) is 38.5 Å². The molecule has 0 atom stereocenters. The number of rotatable bonds is 9. The largest absolute Gasteiger partial charge is 0.492 e. The van der Waals surface area contributed by atoms with Gasteiger partial charge in [-0.3, -0.25) is 9.59 Å². The van der Waals surface area contributed by atoms with Crippen molar-refractivity contribution in [1.82, 2.24) is 5.32 Å². The summed E-state index contributed by atoms with van der Waals surface area (Å²) in [6.45, 7) is 0.549. The van der Waals surface area contributed by atoms with E-state index in [9.17, 15) is 9.59 Å². The van der Waals surface area contributed by atoms with Crippen molar-refractivity contribution in [3.05, 3.63) is 30.3 Å². The van der Waals surface area contributed by atoms with E-state index in [1.807, 2.05) is 30.3 Å². The molecule has 5 heteroatoms. The number of hydrogen-bond donors (Lipinski definition) is 1. The van der Waals surface area contributed by atoms with Crippen LogP contribution in [0.1, 0.15) is 38.5 Å². The van der Waals surface area contributed by atoms with Crippen LogP contribution in [0.4, 0.5) is 0 Å². The van der Waals surface area contributed by atoms with Gasteiger partial charge in [0.1, 0.15) is 12.4 Å². The lowest BCUT2D eigenvalue weighted by Gasteiger charge is -2.09. The lowest BCUT2D eigenvalue weighted by Crippen LogP contribution is -2.32. The molecule has 2 rings (SSSR count). The molecule has 0 radical (unpaired) electrons. The van der Waals surface area contributed by atoms with Crippen LogP contribution in [-0.2, 0) is 14.3 Å². The monoisotopic (exact) mass is 319 g/mol. The quantitative estimate of drug-likeness (QED) is 0.561. The minimum absolute atomic E-state index is 0.213. The number of para-hydroxylation sites is 1. The van der Waals surface area contributed by atoms with Gasteiger partial charge in [0.25, 0.3) is 5.91 Å². The number of carbonyl (C=O) groups is 2. The molecule has 0 unspecified atom stereocenters. The van der Waals surface area contributed by atoms with Crippen molar-refractivity contribution in [3.8, 4) is 5.75 Å². The van der Waals surface area contributed by atoms with Gasteiger partial charge >= 0.3 is 5.97 Å². The summed E-state index contributed by atoms with van der Waals surface area (Å²) in [4.78, 5) is 23.2. The number of nitrogens with one attached hydrogen (secondary N) is 1. The first-order valence-corrected chi connectivity index (χ1v) is 8.34. The average molecular weight is 319 g/mol. The molecule has 0 aliphatic heterocycles. The van der Waals surface area contributed by atoms with Crippen LogP contribution in [0.5, 0.6) is 5.75 Å². The third-order valence-corrected chi connectivity index (χ3v) is 4.03. The van der Waals surface area contributed by atoms with E-state index in [4.69, 9.17) is 9.47 Å². The van der Waals surface area contributed by atoms with Crippen molar-refractivity contribution in [2.75, 3.05) is 19.8 Å². The third kappa shape index (κ3) is 7.17. The molecule has 0 aromatic heterocycles. The van der Waals surface area contributed by atoms with E-state index in [1.54, 1.807) is 0 Å². The number of benzene rings is 1. The highest BCUT2D eigenvalue weighted by molar-refractivity contribution is 5.80. The van der Waals surface area contributed by atoms with Gasteiger partial charge < -0.3 is 14.8 Å². The van der Waals surface area contributed by atoms with E-state index in [-0.39, 0.29) is 18.5 Å². The Morgan fingerprint density at radius 3 is 2.61 bits per heavy atom. The second-order valence-corrected chi connectivity index (χ2v) is 5.86. The molecule has 126 valence electrons. The van der Waals surface area contributed by atoms with Crippen LogP contribution >= 0.6 is 0 Å². The van der Waals surface area contributed by atoms with Gasteiger partial charge in [0.05, 0.1) is 6.54 Å². The Morgan fingerprint density at radius 2 is 1.87 bits per heavy atom. The molecule has 1 aromatic carbocycles. The molecule has 0 heterocycles. The van der Waals surface area contributed by atoms with E-state index in [0.29, 0.717) is 25.5 Å². The minimum atomic E-state index is -0.295. The summed E-state index contributed by atoms with van der Waals surface area (Å²) in [5.74, 6) is 0.843. The Balaban J connectivity index is 1.48. The van der Waals surface area contributed by atoms with Crippen molar-refractivity contribution in [3.63, 3.8) is 0 Å². The average Bonchev–Trinajstić information content (AvgIpc) is 3.09. The lowest BCUT2D eigenvalue weighted by atomic mass is 10.0. The summed E-state index contributed by atoms with van der Waals surface area (Å²) in [6.07, 6.45) is 6.27. The predicted octanol–water partition coefficient (Wildman–Crippen LogP) is 2.70. The van der Waals surface area contributed by atoms with Gasteiger partial charge in [0, 0.05) is 6.42 Å². The first kappa shape index (κ1) is 17.3. The van der Waals surface area contributed by atoms with E-state index in [2.05, 4.69) is 5.32 Å². The van der Waals surface area contributed by atoms with Crippen LogP contribution in [0.2, 0.25) is 0 Å². The van der Waals surface area contributed by atoms with E-state index < -0.39 is 0 Å². The highest BCUT2D eigenvalue weighted by Crippen LogP contribution is 2.28. The molecular weight excluding hydrogens is 294 g/mol. The Bertz CT molecular complexity index is 483. The zero-order chi connectivity index (χ0) is 16.3. The molecule has 23 heavy (non-hydrogen) atoms. The normalized spacial score (nSPS) is 14.4. The minimum Gasteiger partial charge on any atom is -0.492 e. The fourth-order valence-electron chi connectivity index (χ4n) is 2.77. The number of esters is 1.